The number of allylic oxidation sites excluding steroid dienone is 18. The van der Waals surface area contributed by atoms with Crippen LogP contribution in [0.25, 0.3) is 0 Å². The highest BCUT2D eigenvalue weighted by atomic mass is 31.2. The molecule has 0 aromatic heterocycles. The van der Waals surface area contributed by atoms with E-state index in [2.05, 4.69) is 123 Å². The van der Waals surface area contributed by atoms with Gasteiger partial charge in [0.1, 0.15) is 19.8 Å². The van der Waals surface area contributed by atoms with Crippen LogP contribution in [0.4, 0.5) is 0 Å². The quantitative estimate of drug-likeness (QED) is 0.0195. The smallest absolute Gasteiger partial charge is 0.306 e. The van der Waals surface area contributed by atoms with Crippen molar-refractivity contribution in [3.05, 3.63) is 109 Å². The first-order valence-electron chi connectivity index (χ1n) is 32.6. The molecule has 0 amide bonds. The van der Waals surface area contributed by atoms with Crippen LogP contribution >= 0.6 is 7.82 Å². The number of esters is 2. The minimum Gasteiger partial charge on any atom is -0.756 e. The first-order chi connectivity index (χ1) is 39.0. The molecule has 0 radical (unpaired) electrons. The Morgan fingerprint density at radius 2 is 0.713 bits per heavy atom. The summed E-state index contributed by atoms with van der Waals surface area (Å²) in [6.45, 7) is 4.13. The van der Waals surface area contributed by atoms with Gasteiger partial charge in [-0.2, -0.15) is 0 Å². The second kappa shape index (κ2) is 60.3. The Morgan fingerprint density at radius 1 is 0.400 bits per heavy atom. The van der Waals surface area contributed by atoms with Gasteiger partial charge in [0.15, 0.2) is 6.10 Å². The van der Waals surface area contributed by atoms with Crippen molar-refractivity contribution in [1.82, 2.24) is 0 Å². The number of hydrogen-bond acceptors (Lipinski definition) is 8. The van der Waals surface area contributed by atoms with Gasteiger partial charge >= 0.3 is 11.9 Å². The summed E-state index contributed by atoms with van der Waals surface area (Å²) in [5.74, 6) is -0.837. The Kier molecular flexibility index (Phi) is 57.8. The summed E-state index contributed by atoms with van der Waals surface area (Å²) in [5, 5.41) is 0. The van der Waals surface area contributed by atoms with Crippen LogP contribution in [0.2, 0.25) is 0 Å². The summed E-state index contributed by atoms with van der Waals surface area (Å²) in [6, 6.07) is 0. The second-order valence-corrected chi connectivity index (χ2v) is 24.2. The predicted molar refractivity (Wildman–Crippen MR) is 342 cm³/mol. The van der Waals surface area contributed by atoms with Gasteiger partial charge in [-0.3, -0.25) is 14.2 Å². The molecule has 9 nitrogen and oxygen atoms in total. The van der Waals surface area contributed by atoms with Gasteiger partial charge in [-0.15, -0.1) is 0 Å². The van der Waals surface area contributed by atoms with E-state index in [1.165, 1.54) is 135 Å². The third-order valence-corrected chi connectivity index (χ3v) is 14.7. The molecule has 0 aliphatic heterocycles. The summed E-state index contributed by atoms with van der Waals surface area (Å²) in [6.07, 6.45) is 84.4. The van der Waals surface area contributed by atoms with E-state index < -0.39 is 26.5 Å². The largest absolute Gasteiger partial charge is 0.756 e. The normalized spacial score (nSPS) is 13.9. The zero-order valence-electron chi connectivity index (χ0n) is 52.2. The molecule has 0 N–H and O–H groups in total. The number of carbonyl (C=O) groups excluding carboxylic acids is 2. The Hall–Kier alpha value is -3.33. The van der Waals surface area contributed by atoms with Crippen molar-refractivity contribution >= 4 is 19.8 Å². The third-order valence-electron chi connectivity index (χ3n) is 13.8. The van der Waals surface area contributed by atoms with Crippen LogP contribution in [0.15, 0.2) is 109 Å². The number of quaternary nitrogens is 1. The Balaban J connectivity index is 4.04. The molecule has 10 heteroatoms. The van der Waals surface area contributed by atoms with Crippen LogP contribution in [0.1, 0.15) is 271 Å². The van der Waals surface area contributed by atoms with Crippen LogP contribution in [0.5, 0.6) is 0 Å². The molecule has 0 aromatic rings. The average Bonchev–Trinajstić information content (AvgIpc) is 3.42. The molecule has 0 spiro atoms. The summed E-state index contributed by atoms with van der Waals surface area (Å²) >= 11 is 0. The Morgan fingerprint density at radius 3 is 1.07 bits per heavy atom. The van der Waals surface area contributed by atoms with Crippen LogP contribution in [0, 0.1) is 0 Å². The molecule has 0 bridgehead atoms. The van der Waals surface area contributed by atoms with Crippen LogP contribution in [0.3, 0.4) is 0 Å². The monoisotopic (exact) mass is 1140 g/mol. The average molecular weight is 1140 g/mol. The van der Waals surface area contributed by atoms with E-state index in [1.54, 1.807) is 0 Å². The van der Waals surface area contributed by atoms with Gasteiger partial charge < -0.3 is 27.9 Å². The maximum absolute atomic E-state index is 12.8. The zero-order chi connectivity index (χ0) is 58.4. The van der Waals surface area contributed by atoms with Gasteiger partial charge in [-0.05, 0) is 103 Å². The number of ether oxygens (including phenoxy) is 2. The zero-order valence-corrected chi connectivity index (χ0v) is 53.1. The Labute approximate surface area is 493 Å². The molecule has 460 valence electrons. The standard InChI is InChI=1S/C70H122NO8P/c1-6-8-10-12-14-16-18-20-22-24-25-26-27-28-29-30-31-32-33-34-35-36-37-38-39-40-41-42-43-44-45-47-49-51-53-55-57-59-61-63-70(73)79-68(67-78-80(74,75)77-65-64-71(3,4)5)66-76-69(72)62-60-58-56-54-52-50-48-46-23-21-19-17-15-13-11-9-7-2/h8,10,14,16,20-23,25-26,28-29,31-32,34-35,37-38,68H,6-7,9,11-13,15,17-19,24,27,30,33,36,39-67H2,1-5H3/b10-8-,16-14-,22-20-,23-21-,26-25-,29-28-,32-31-,35-34-,38-37-. The van der Waals surface area contributed by atoms with E-state index in [4.69, 9.17) is 18.5 Å². The highest BCUT2D eigenvalue weighted by Gasteiger charge is 2.22. The molecule has 2 atom stereocenters. The topological polar surface area (TPSA) is 111 Å². The maximum atomic E-state index is 12.8. The second-order valence-electron chi connectivity index (χ2n) is 22.7. The van der Waals surface area contributed by atoms with Crippen molar-refractivity contribution < 1.29 is 42.1 Å². The fourth-order valence-corrected chi connectivity index (χ4v) is 9.51. The molecule has 0 aliphatic carbocycles. The molecular weight excluding hydrogens is 1010 g/mol. The number of unbranched alkanes of at least 4 members (excludes halogenated alkanes) is 27. The molecule has 0 aromatic carbocycles. The fourth-order valence-electron chi connectivity index (χ4n) is 8.79. The van der Waals surface area contributed by atoms with Crippen molar-refractivity contribution in [2.45, 2.75) is 277 Å². The van der Waals surface area contributed by atoms with Crippen LogP contribution in [-0.2, 0) is 32.7 Å². The number of likely N-dealkylation sites (N-methyl/N-ethyl adjacent to an activating group) is 1. The van der Waals surface area contributed by atoms with Crippen molar-refractivity contribution in [2.75, 3.05) is 47.5 Å². The number of carbonyl (C=O) groups is 2. The molecular formula is C70H122NO8P. The van der Waals surface area contributed by atoms with Crippen molar-refractivity contribution in [2.24, 2.45) is 0 Å². The highest BCUT2D eigenvalue weighted by molar-refractivity contribution is 7.45. The minimum atomic E-state index is -4.64. The number of phosphoric ester groups is 1. The summed E-state index contributed by atoms with van der Waals surface area (Å²) < 4.78 is 34.2. The maximum Gasteiger partial charge on any atom is 0.306 e. The summed E-state index contributed by atoms with van der Waals surface area (Å²) in [5.41, 5.74) is 0. The molecule has 80 heavy (non-hydrogen) atoms. The van der Waals surface area contributed by atoms with Crippen LogP contribution in [-0.4, -0.2) is 70.0 Å². The van der Waals surface area contributed by atoms with Gasteiger partial charge in [0, 0.05) is 12.8 Å². The van der Waals surface area contributed by atoms with E-state index in [0.717, 1.165) is 103 Å². The van der Waals surface area contributed by atoms with E-state index in [-0.39, 0.29) is 32.0 Å². The van der Waals surface area contributed by atoms with Crippen molar-refractivity contribution in [1.29, 1.82) is 0 Å². The molecule has 0 rings (SSSR count). The summed E-state index contributed by atoms with van der Waals surface area (Å²) in [4.78, 5) is 37.9. The Bertz CT molecular complexity index is 1720. The van der Waals surface area contributed by atoms with E-state index >= 15 is 0 Å². The molecule has 0 fully saturated rings. The molecule has 2 unspecified atom stereocenters. The molecule has 0 saturated heterocycles. The van der Waals surface area contributed by atoms with Gasteiger partial charge in [0.25, 0.3) is 7.82 Å². The van der Waals surface area contributed by atoms with Gasteiger partial charge in [-0.1, -0.05) is 264 Å². The van der Waals surface area contributed by atoms with Gasteiger partial charge in [0.2, 0.25) is 0 Å². The van der Waals surface area contributed by atoms with E-state index in [0.29, 0.717) is 17.4 Å². The number of phosphoric acid groups is 1. The molecule has 0 aliphatic rings. The molecule has 0 saturated carbocycles. The first kappa shape index (κ1) is 76.7. The fraction of sp³-hybridized carbons (Fsp3) is 0.714. The van der Waals surface area contributed by atoms with E-state index in [9.17, 15) is 19.0 Å². The highest BCUT2D eigenvalue weighted by Crippen LogP contribution is 2.38. The van der Waals surface area contributed by atoms with Crippen molar-refractivity contribution in [3.63, 3.8) is 0 Å². The minimum absolute atomic E-state index is 0.0345. The third kappa shape index (κ3) is 63.8. The van der Waals surface area contributed by atoms with Crippen LogP contribution < -0.4 is 4.89 Å². The van der Waals surface area contributed by atoms with E-state index in [1.807, 2.05) is 21.1 Å². The summed E-state index contributed by atoms with van der Waals surface area (Å²) in [7, 11) is 1.16. The lowest BCUT2D eigenvalue weighted by Crippen LogP contribution is -2.37. The lowest BCUT2D eigenvalue weighted by atomic mass is 10.0. The van der Waals surface area contributed by atoms with Gasteiger partial charge in [0.05, 0.1) is 27.7 Å². The lowest BCUT2D eigenvalue weighted by molar-refractivity contribution is -0.870. The lowest BCUT2D eigenvalue weighted by Gasteiger charge is -2.28. The number of hydrogen-bond donors (Lipinski definition) is 0. The first-order valence-corrected chi connectivity index (χ1v) is 34.1. The number of rotatable bonds is 59. The SMILES string of the molecule is CC/C=C\C/C=C\C/C=C\C/C=C\C/C=C\C/C=C\C/C=C\C/C=C\CCCCCCCCCCCCCCCCC(=O)OC(COC(=O)CCCCCCCCC/C=C\CCCCCCCC)COP(=O)([O-])OCC[N+](C)(C)C. The molecule has 0 heterocycles. The van der Waals surface area contributed by atoms with Gasteiger partial charge in [-0.25, -0.2) is 0 Å². The predicted octanol–water partition coefficient (Wildman–Crippen LogP) is 20.3. The van der Waals surface area contributed by atoms with Crippen molar-refractivity contribution in [3.8, 4) is 0 Å². The number of nitrogens with zero attached hydrogens (tertiary/aromatic N) is 1.